The molecule has 0 unspecified atom stereocenters. The van der Waals surface area contributed by atoms with Crippen molar-refractivity contribution >= 4 is 30.1 Å². The molecule has 118 valence electrons. The van der Waals surface area contributed by atoms with Crippen molar-refractivity contribution in [2.75, 3.05) is 0 Å². The van der Waals surface area contributed by atoms with E-state index in [0.29, 0.717) is 22.1 Å². The van der Waals surface area contributed by atoms with E-state index in [1.807, 2.05) is 39.8 Å². The molecule has 2 aliphatic rings. The molecule has 1 saturated carbocycles. The number of hydrogen-bond acceptors (Lipinski definition) is 3. The molecule has 0 bridgehead atoms. The number of hydrogen-bond donors (Lipinski definition) is 1. The predicted octanol–water partition coefficient (Wildman–Crippen LogP) is 2.53. The SMILES string of the molecule is CC1(C)OB(c2cccc(C(=O)NC3CC3)c2Cl)OC1(C)C. The number of carbonyl (C=O) groups is 1. The number of amides is 1. The molecule has 1 saturated heterocycles. The maximum absolute atomic E-state index is 12.3. The third-order valence-corrected chi connectivity index (χ3v) is 5.11. The monoisotopic (exact) mass is 321 g/mol. The highest BCUT2D eigenvalue weighted by atomic mass is 35.5. The van der Waals surface area contributed by atoms with Gasteiger partial charge in [-0.1, -0.05) is 23.7 Å². The summed E-state index contributed by atoms with van der Waals surface area (Å²) in [6.07, 6.45) is 2.08. The van der Waals surface area contributed by atoms with Crippen LogP contribution in [0.15, 0.2) is 18.2 Å². The van der Waals surface area contributed by atoms with Crippen LogP contribution in [0.5, 0.6) is 0 Å². The molecule has 6 heteroatoms. The van der Waals surface area contributed by atoms with Crippen LogP contribution in [0, 0.1) is 0 Å². The summed E-state index contributed by atoms with van der Waals surface area (Å²) >= 11 is 6.45. The van der Waals surface area contributed by atoms with Crippen molar-refractivity contribution in [2.24, 2.45) is 0 Å². The number of carbonyl (C=O) groups excluding carboxylic acids is 1. The second kappa shape index (κ2) is 5.26. The van der Waals surface area contributed by atoms with Gasteiger partial charge in [-0.2, -0.15) is 0 Å². The molecule has 1 aromatic carbocycles. The van der Waals surface area contributed by atoms with E-state index in [2.05, 4.69) is 5.32 Å². The highest BCUT2D eigenvalue weighted by Gasteiger charge is 2.52. The van der Waals surface area contributed by atoms with E-state index in [4.69, 9.17) is 20.9 Å². The first-order chi connectivity index (χ1) is 10.2. The van der Waals surface area contributed by atoms with Gasteiger partial charge in [0, 0.05) is 11.5 Å². The fourth-order valence-electron chi connectivity index (χ4n) is 2.37. The summed E-state index contributed by atoms with van der Waals surface area (Å²) in [6.45, 7) is 7.96. The lowest BCUT2D eigenvalue weighted by Gasteiger charge is -2.32. The molecule has 1 heterocycles. The summed E-state index contributed by atoms with van der Waals surface area (Å²) < 4.78 is 12.0. The number of nitrogens with one attached hydrogen (secondary N) is 1. The molecular formula is C16H21BClNO3. The maximum atomic E-state index is 12.3. The number of benzene rings is 1. The molecule has 1 N–H and O–H groups in total. The average molecular weight is 322 g/mol. The van der Waals surface area contributed by atoms with Crippen LogP contribution >= 0.6 is 11.6 Å². The molecule has 0 spiro atoms. The van der Waals surface area contributed by atoms with E-state index < -0.39 is 18.3 Å². The van der Waals surface area contributed by atoms with Gasteiger partial charge in [-0.3, -0.25) is 4.79 Å². The van der Waals surface area contributed by atoms with Crippen LogP contribution in [-0.4, -0.2) is 30.3 Å². The van der Waals surface area contributed by atoms with Crippen molar-refractivity contribution in [1.82, 2.24) is 5.32 Å². The average Bonchev–Trinajstić information content (AvgIpc) is 3.17. The first kappa shape index (κ1) is 15.8. The van der Waals surface area contributed by atoms with Crippen molar-refractivity contribution in [3.63, 3.8) is 0 Å². The molecule has 1 aliphatic heterocycles. The molecule has 1 amide bonds. The minimum absolute atomic E-state index is 0.133. The Hall–Kier alpha value is -1.04. The van der Waals surface area contributed by atoms with Gasteiger partial charge in [0.1, 0.15) is 0 Å². The molecule has 1 aliphatic carbocycles. The van der Waals surface area contributed by atoms with Crippen LogP contribution in [0.25, 0.3) is 0 Å². The summed E-state index contributed by atoms with van der Waals surface area (Å²) in [7, 11) is -0.564. The van der Waals surface area contributed by atoms with Gasteiger partial charge in [0.15, 0.2) is 0 Å². The molecular weight excluding hydrogens is 300 g/mol. The largest absolute Gasteiger partial charge is 0.496 e. The Bertz CT molecular complexity index is 597. The van der Waals surface area contributed by atoms with Crippen molar-refractivity contribution in [1.29, 1.82) is 0 Å². The van der Waals surface area contributed by atoms with Crippen molar-refractivity contribution in [2.45, 2.75) is 57.8 Å². The molecule has 1 aromatic rings. The first-order valence-electron chi connectivity index (χ1n) is 7.66. The fraction of sp³-hybridized carbons (Fsp3) is 0.562. The summed E-state index contributed by atoms with van der Waals surface area (Å²) in [5, 5.41) is 3.36. The highest BCUT2D eigenvalue weighted by Crippen LogP contribution is 2.37. The van der Waals surface area contributed by atoms with Gasteiger partial charge in [-0.15, -0.1) is 0 Å². The summed E-state index contributed by atoms with van der Waals surface area (Å²) in [5.41, 5.74) is 0.296. The lowest BCUT2D eigenvalue weighted by molar-refractivity contribution is 0.00578. The molecule has 0 radical (unpaired) electrons. The molecule has 0 aromatic heterocycles. The topological polar surface area (TPSA) is 47.6 Å². The van der Waals surface area contributed by atoms with Crippen molar-refractivity contribution in [3.8, 4) is 0 Å². The zero-order chi connectivity index (χ0) is 16.1. The van der Waals surface area contributed by atoms with E-state index in [-0.39, 0.29) is 5.91 Å². The van der Waals surface area contributed by atoms with Gasteiger partial charge >= 0.3 is 7.12 Å². The van der Waals surface area contributed by atoms with Crippen molar-refractivity contribution in [3.05, 3.63) is 28.8 Å². The van der Waals surface area contributed by atoms with Crippen LogP contribution in [0.4, 0.5) is 0 Å². The van der Waals surface area contributed by atoms with E-state index in [0.717, 1.165) is 12.8 Å². The van der Waals surface area contributed by atoms with Crippen LogP contribution < -0.4 is 10.8 Å². The molecule has 4 nitrogen and oxygen atoms in total. The van der Waals surface area contributed by atoms with Gasteiger partial charge in [-0.25, -0.2) is 0 Å². The Morgan fingerprint density at radius 2 is 1.82 bits per heavy atom. The Morgan fingerprint density at radius 3 is 2.36 bits per heavy atom. The van der Waals surface area contributed by atoms with Crippen LogP contribution in [0.2, 0.25) is 5.02 Å². The molecule has 2 fully saturated rings. The normalized spacial score (nSPS) is 22.7. The Labute approximate surface area is 136 Å². The fourth-order valence-corrected chi connectivity index (χ4v) is 2.67. The van der Waals surface area contributed by atoms with E-state index in [9.17, 15) is 4.79 Å². The Morgan fingerprint density at radius 1 is 1.23 bits per heavy atom. The third-order valence-electron chi connectivity index (χ3n) is 4.69. The van der Waals surface area contributed by atoms with Crippen LogP contribution in [0.3, 0.4) is 0 Å². The third kappa shape index (κ3) is 2.77. The van der Waals surface area contributed by atoms with Gasteiger partial charge < -0.3 is 14.6 Å². The smallest absolute Gasteiger partial charge is 0.399 e. The minimum Gasteiger partial charge on any atom is -0.399 e. The maximum Gasteiger partial charge on any atom is 0.496 e. The van der Waals surface area contributed by atoms with E-state index >= 15 is 0 Å². The zero-order valence-electron chi connectivity index (χ0n) is 13.4. The summed E-state index contributed by atoms with van der Waals surface area (Å²) in [4.78, 5) is 12.3. The molecule has 0 atom stereocenters. The number of rotatable bonds is 3. The van der Waals surface area contributed by atoms with Gasteiger partial charge in [0.2, 0.25) is 0 Å². The Kier molecular flexibility index (Phi) is 3.79. The lowest BCUT2D eigenvalue weighted by Crippen LogP contribution is -2.41. The van der Waals surface area contributed by atoms with Gasteiger partial charge in [0.25, 0.3) is 5.91 Å². The number of halogens is 1. The van der Waals surface area contributed by atoms with Crippen molar-refractivity contribution < 1.29 is 14.1 Å². The van der Waals surface area contributed by atoms with E-state index in [1.165, 1.54) is 0 Å². The minimum atomic E-state index is -0.564. The second-order valence-corrected chi connectivity index (χ2v) is 7.42. The molecule has 3 rings (SSSR count). The Balaban J connectivity index is 1.87. The standard InChI is InChI=1S/C16H21BClNO3/c1-15(2)16(3,4)22-17(21-15)12-7-5-6-11(13(12)18)14(20)19-10-8-9-10/h5-7,10H,8-9H2,1-4H3,(H,19,20). The lowest BCUT2D eigenvalue weighted by atomic mass is 9.78. The quantitative estimate of drug-likeness (QED) is 0.870. The predicted molar refractivity (Wildman–Crippen MR) is 87.7 cm³/mol. The van der Waals surface area contributed by atoms with Crippen LogP contribution in [-0.2, 0) is 9.31 Å². The summed E-state index contributed by atoms with van der Waals surface area (Å²) in [6, 6.07) is 5.69. The zero-order valence-corrected chi connectivity index (χ0v) is 14.2. The second-order valence-electron chi connectivity index (χ2n) is 7.04. The molecule has 22 heavy (non-hydrogen) atoms. The van der Waals surface area contributed by atoms with Crippen LogP contribution in [0.1, 0.15) is 50.9 Å². The summed E-state index contributed by atoms with van der Waals surface area (Å²) in [5.74, 6) is -0.133. The first-order valence-corrected chi connectivity index (χ1v) is 8.04. The van der Waals surface area contributed by atoms with Gasteiger partial charge in [0.05, 0.1) is 21.8 Å². The highest BCUT2D eigenvalue weighted by molar-refractivity contribution is 6.66. The van der Waals surface area contributed by atoms with Gasteiger partial charge in [-0.05, 0) is 46.6 Å². The van der Waals surface area contributed by atoms with E-state index in [1.54, 1.807) is 6.07 Å².